The molecule has 11 heteroatoms. The Morgan fingerprint density at radius 2 is 2.05 bits per heavy atom. The van der Waals surface area contributed by atoms with Crippen LogP contribution >= 0.6 is 0 Å². The van der Waals surface area contributed by atoms with Crippen LogP contribution in [0.3, 0.4) is 0 Å². The van der Waals surface area contributed by atoms with Crippen LogP contribution in [0.25, 0.3) is 0 Å². The average Bonchev–Trinajstić information content (AvgIpc) is 2.72. The highest BCUT2D eigenvalue weighted by molar-refractivity contribution is 7.92. The van der Waals surface area contributed by atoms with Crippen molar-refractivity contribution in [3.05, 3.63) is 23.3 Å². The van der Waals surface area contributed by atoms with Crippen molar-refractivity contribution in [1.82, 2.24) is 20.2 Å². The number of carboxylic acid groups (broad SMARTS) is 1. The summed E-state index contributed by atoms with van der Waals surface area (Å²) in [6, 6.07) is 1.92. The largest absolute Gasteiger partial charge is 0.507 e. The zero-order valence-corrected chi connectivity index (χ0v) is 11.8. The molecule has 2 rings (SSSR count). The molecule has 1 aromatic carbocycles. The third-order valence-corrected chi connectivity index (χ3v) is 4.02. The van der Waals surface area contributed by atoms with Crippen LogP contribution in [0.2, 0.25) is 0 Å². The Balaban J connectivity index is 2.49. The Morgan fingerprint density at radius 1 is 1.38 bits per heavy atom. The first-order chi connectivity index (χ1) is 9.70. The summed E-state index contributed by atoms with van der Waals surface area (Å²) in [5, 5.41) is 29.1. The van der Waals surface area contributed by atoms with Crippen molar-refractivity contribution < 1.29 is 23.4 Å². The Kier molecular flexibility index (Phi) is 3.51. The number of tetrazole rings is 1. The molecule has 0 saturated carbocycles. The minimum Gasteiger partial charge on any atom is -0.507 e. The first kappa shape index (κ1) is 14.7. The molecular weight excluding hydrogens is 302 g/mol. The monoisotopic (exact) mass is 313 g/mol. The van der Waals surface area contributed by atoms with Crippen molar-refractivity contribution in [2.75, 3.05) is 4.72 Å². The van der Waals surface area contributed by atoms with Crippen molar-refractivity contribution >= 4 is 21.9 Å². The van der Waals surface area contributed by atoms with Gasteiger partial charge in [-0.1, -0.05) is 5.10 Å². The number of carboxylic acids is 1. The molecule has 2 aromatic rings. The van der Waals surface area contributed by atoms with E-state index < -0.39 is 27.3 Å². The number of benzene rings is 1. The zero-order chi connectivity index (χ0) is 15.8. The summed E-state index contributed by atoms with van der Waals surface area (Å²) in [6.07, 6.45) is 0. The Labute approximate surface area is 119 Å². The van der Waals surface area contributed by atoms with Crippen molar-refractivity contribution in [3.8, 4) is 5.75 Å². The van der Waals surface area contributed by atoms with Crippen molar-refractivity contribution in [2.45, 2.75) is 11.8 Å². The Morgan fingerprint density at radius 3 is 2.57 bits per heavy atom. The van der Waals surface area contributed by atoms with E-state index in [4.69, 9.17) is 5.11 Å². The number of sulfonamides is 1. The molecule has 0 atom stereocenters. The van der Waals surface area contributed by atoms with Gasteiger partial charge in [0, 0.05) is 0 Å². The molecule has 112 valence electrons. The van der Waals surface area contributed by atoms with Gasteiger partial charge in [-0.05, 0) is 29.8 Å². The fraction of sp³-hybridized carbons (Fsp3) is 0.200. The molecule has 0 fully saturated rings. The van der Waals surface area contributed by atoms with Crippen molar-refractivity contribution in [3.63, 3.8) is 0 Å². The lowest BCUT2D eigenvalue weighted by Crippen LogP contribution is -2.16. The highest BCUT2D eigenvalue weighted by atomic mass is 32.2. The second kappa shape index (κ2) is 5.01. The fourth-order valence-electron chi connectivity index (χ4n) is 1.63. The third kappa shape index (κ3) is 2.91. The molecule has 21 heavy (non-hydrogen) atoms. The van der Waals surface area contributed by atoms with Gasteiger partial charge in [-0.15, -0.1) is 5.10 Å². The highest BCUT2D eigenvalue weighted by Gasteiger charge is 2.23. The molecule has 0 aliphatic heterocycles. The first-order valence-corrected chi connectivity index (χ1v) is 7.03. The molecule has 0 spiro atoms. The number of anilines is 1. The molecular formula is C10H11N5O5S. The second-order valence-electron chi connectivity index (χ2n) is 4.15. The van der Waals surface area contributed by atoms with Gasteiger partial charge in [-0.2, -0.15) is 4.80 Å². The van der Waals surface area contributed by atoms with Crippen LogP contribution in [0, 0.1) is 6.92 Å². The van der Waals surface area contributed by atoms with E-state index in [1.807, 2.05) is 0 Å². The van der Waals surface area contributed by atoms with E-state index in [2.05, 4.69) is 20.1 Å². The van der Waals surface area contributed by atoms with Gasteiger partial charge in [0.05, 0.1) is 11.9 Å². The molecule has 0 amide bonds. The summed E-state index contributed by atoms with van der Waals surface area (Å²) in [5.74, 6) is -2.21. The smallest absolute Gasteiger partial charge is 0.339 e. The molecule has 10 nitrogen and oxygen atoms in total. The van der Waals surface area contributed by atoms with E-state index >= 15 is 0 Å². The highest BCUT2D eigenvalue weighted by Crippen LogP contribution is 2.26. The molecule has 0 radical (unpaired) electrons. The van der Waals surface area contributed by atoms with Crippen molar-refractivity contribution in [2.24, 2.45) is 7.05 Å². The predicted molar refractivity (Wildman–Crippen MR) is 69.4 cm³/mol. The van der Waals surface area contributed by atoms with E-state index in [-0.39, 0.29) is 16.4 Å². The van der Waals surface area contributed by atoms with Crippen LogP contribution in [0.15, 0.2) is 17.0 Å². The van der Waals surface area contributed by atoms with Gasteiger partial charge in [0.2, 0.25) is 0 Å². The van der Waals surface area contributed by atoms with Crippen LogP contribution in [0.5, 0.6) is 5.75 Å². The number of rotatable bonds is 4. The van der Waals surface area contributed by atoms with Gasteiger partial charge >= 0.3 is 5.97 Å². The summed E-state index contributed by atoms with van der Waals surface area (Å²) in [6.45, 7) is 1.42. The number of hydrogen-bond acceptors (Lipinski definition) is 7. The van der Waals surface area contributed by atoms with Crippen molar-refractivity contribution in [1.29, 1.82) is 0 Å². The molecule has 0 saturated heterocycles. The predicted octanol–water partition coefficient (Wildman–Crippen LogP) is -0.277. The van der Waals surface area contributed by atoms with Gasteiger partial charge < -0.3 is 10.2 Å². The number of aryl methyl sites for hydroxylation is 2. The topological polar surface area (TPSA) is 147 Å². The van der Waals surface area contributed by atoms with E-state index in [1.54, 1.807) is 0 Å². The van der Waals surface area contributed by atoms with E-state index in [9.17, 15) is 18.3 Å². The molecule has 0 aliphatic carbocycles. The number of nitrogens with one attached hydrogen (secondary N) is 1. The minimum absolute atomic E-state index is 0.175. The number of nitrogens with zero attached hydrogens (tertiary/aromatic N) is 4. The van der Waals surface area contributed by atoms with E-state index in [0.717, 1.165) is 16.9 Å². The summed E-state index contributed by atoms with van der Waals surface area (Å²) in [4.78, 5) is 11.7. The lowest BCUT2D eigenvalue weighted by atomic mass is 10.1. The Hall–Kier alpha value is -2.69. The van der Waals surface area contributed by atoms with Crippen LogP contribution in [-0.2, 0) is 17.1 Å². The summed E-state index contributed by atoms with van der Waals surface area (Å²) < 4.78 is 26.5. The average molecular weight is 313 g/mol. The lowest BCUT2D eigenvalue weighted by molar-refractivity contribution is 0.0693. The Bertz CT molecular complexity index is 813. The maximum atomic E-state index is 12.2. The summed E-state index contributed by atoms with van der Waals surface area (Å²) >= 11 is 0. The van der Waals surface area contributed by atoms with Gasteiger partial charge in [0.1, 0.15) is 11.3 Å². The van der Waals surface area contributed by atoms with E-state index in [0.29, 0.717) is 0 Å². The standard InChI is InChI=1S/C10H11N5O5S/c1-5-3-7(16)6(9(17)18)4-8(5)21(19,20)13-10-11-14-15(2)12-10/h3-4,16H,1-2H3,(H,12,13)(H,17,18). The zero-order valence-electron chi connectivity index (χ0n) is 11.0. The molecule has 0 unspecified atom stereocenters. The van der Waals surface area contributed by atoms with Gasteiger partial charge in [-0.3, -0.25) is 0 Å². The van der Waals surface area contributed by atoms with Gasteiger partial charge in [0.15, 0.2) is 0 Å². The number of aromatic carboxylic acids is 1. The maximum absolute atomic E-state index is 12.2. The number of aromatic hydroxyl groups is 1. The quantitative estimate of drug-likeness (QED) is 0.698. The number of aromatic nitrogens is 4. The maximum Gasteiger partial charge on any atom is 0.339 e. The van der Waals surface area contributed by atoms with E-state index in [1.165, 1.54) is 14.0 Å². The number of hydrogen-bond donors (Lipinski definition) is 3. The molecule has 0 bridgehead atoms. The number of carbonyl (C=O) groups is 1. The minimum atomic E-state index is -4.11. The number of phenols is 1. The lowest BCUT2D eigenvalue weighted by Gasteiger charge is -2.09. The van der Waals surface area contributed by atoms with Gasteiger partial charge in [0.25, 0.3) is 16.0 Å². The molecule has 1 heterocycles. The summed E-state index contributed by atoms with van der Waals surface area (Å²) in [5.41, 5.74) is -0.345. The molecule has 0 aliphatic rings. The van der Waals surface area contributed by atoms with Crippen LogP contribution in [0.4, 0.5) is 5.95 Å². The second-order valence-corrected chi connectivity index (χ2v) is 5.80. The SMILES string of the molecule is Cc1cc(O)c(C(=O)O)cc1S(=O)(=O)Nc1nnn(C)n1. The molecule has 1 aromatic heterocycles. The first-order valence-electron chi connectivity index (χ1n) is 5.54. The van der Waals surface area contributed by atoms with Crippen LogP contribution < -0.4 is 4.72 Å². The normalized spacial score (nSPS) is 11.3. The third-order valence-electron chi connectivity index (χ3n) is 2.55. The van der Waals surface area contributed by atoms with Gasteiger partial charge in [-0.25, -0.2) is 17.9 Å². The molecule has 3 N–H and O–H groups in total. The fourth-order valence-corrected chi connectivity index (χ4v) is 2.82. The van der Waals surface area contributed by atoms with Crippen LogP contribution in [0.1, 0.15) is 15.9 Å². The summed E-state index contributed by atoms with van der Waals surface area (Å²) in [7, 11) is -2.65. The van der Waals surface area contributed by atoms with Crippen LogP contribution in [-0.4, -0.2) is 44.8 Å².